The Hall–Kier alpha value is -2.93. The second kappa shape index (κ2) is 10.1. The molecule has 6 nitrogen and oxygen atoms in total. The summed E-state index contributed by atoms with van der Waals surface area (Å²) in [5, 5.41) is 4.19. The van der Waals surface area contributed by atoms with Gasteiger partial charge in [0.05, 0.1) is 21.7 Å². The second-order valence-corrected chi connectivity index (χ2v) is 14.4. The summed E-state index contributed by atoms with van der Waals surface area (Å²) in [5.41, 5.74) is 1.61. The summed E-state index contributed by atoms with van der Waals surface area (Å²) in [6.07, 6.45) is 1.45. The molecule has 0 aliphatic carbocycles. The first kappa shape index (κ1) is 23.7. The zero-order valence-corrected chi connectivity index (χ0v) is 20.3. The lowest BCUT2D eigenvalue weighted by Crippen LogP contribution is -2.42. The van der Waals surface area contributed by atoms with Gasteiger partial charge in [-0.25, -0.2) is 0 Å². The first-order chi connectivity index (χ1) is 15.2. The highest BCUT2D eigenvalue weighted by Gasteiger charge is 2.27. The number of amides is 2. The van der Waals surface area contributed by atoms with E-state index in [0.717, 1.165) is 12.0 Å². The van der Waals surface area contributed by atoms with Crippen molar-refractivity contribution in [2.45, 2.75) is 44.9 Å². The van der Waals surface area contributed by atoms with Crippen LogP contribution < -0.4 is 15.2 Å². The number of likely N-dealkylation sites (tertiary alicyclic amines) is 1. The predicted octanol–water partition coefficient (Wildman–Crippen LogP) is 2.83. The summed E-state index contributed by atoms with van der Waals surface area (Å²) < 4.78 is 5.21. The number of hydrogen-bond acceptors (Lipinski definition) is 4. The number of Topliss-reactive ketones (excluding diaryl/α,β-unsaturated/α-hetero) is 1. The number of hydrogen-bond donors (Lipinski definition) is 1. The molecule has 0 saturated carbocycles. The lowest BCUT2D eigenvalue weighted by atomic mass is 9.97. The van der Waals surface area contributed by atoms with E-state index in [-0.39, 0.29) is 30.6 Å². The molecule has 3 rings (SSSR count). The molecule has 0 aromatic heterocycles. The topological polar surface area (TPSA) is 75.7 Å². The Morgan fingerprint density at radius 2 is 1.72 bits per heavy atom. The molecule has 0 spiro atoms. The number of nitrogens with zero attached hydrogens (tertiary/aromatic N) is 1. The molecule has 1 unspecified atom stereocenters. The minimum Gasteiger partial charge on any atom is -0.497 e. The van der Waals surface area contributed by atoms with Crippen LogP contribution in [0.2, 0.25) is 19.6 Å². The number of nitrogens with one attached hydrogen (secondary N) is 1. The van der Waals surface area contributed by atoms with E-state index in [1.54, 1.807) is 36.3 Å². The van der Waals surface area contributed by atoms with Gasteiger partial charge in [-0.15, -0.1) is 0 Å². The highest BCUT2D eigenvalue weighted by molar-refractivity contribution is 6.88. The lowest BCUT2D eigenvalue weighted by Gasteiger charge is -2.21. The van der Waals surface area contributed by atoms with Crippen molar-refractivity contribution in [1.29, 1.82) is 0 Å². The molecular formula is C25H32N2O4Si. The van der Waals surface area contributed by atoms with Gasteiger partial charge in [-0.1, -0.05) is 61.2 Å². The van der Waals surface area contributed by atoms with Gasteiger partial charge in [-0.05, 0) is 29.7 Å². The molecule has 2 amide bonds. The third-order valence-corrected chi connectivity index (χ3v) is 7.85. The van der Waals surface area contributed by atoms with Crippen LogP contribution in [0.25, 0.3) is 0 Å². The van der Waals surface area contributed by atoms with Crippen molar-refractivity contribution in [3.8, 4) is 5.75 Å². The smallest absolute Gasteiger partial charge is 0.240 e. The molecule has 1 aliphatic rings. The van der Waals surface area contributed by atoms with E-state index in [2.05, 4.69) is 37.1 Å². The van der Waals surface area contributed by atoms with Gasteiger partial charge in [0.25, 0.3) is 0 Å². The van der Waals surface area contributed by atoms with Crippen LogP contribution in [-0.4, -0.2) is 50.8 Å². The summed E-state index contributed by atoms with van der Waals surface area (Å²) in [5.74, 6) is 0.228. The predicted molar refractivity (Wildman–Crippen MR) is 128 cm³/mol. The maximum atomic E-state index is 13.3. The van der Waals surface area contributed by atoms with Gasteiger partial charge >= 0.3 is 0 Å². The third-order valence-electron chi connectivity index (χ3n) is 5.78. The van der Waals surface area contributed by atoms with Crippen molar-refractivity contribution in [2.75, 3.05) is 20.2 Å². The number of benzene rings is 2. The van der Waals surface area contributed by atoms with E-state index in [4.69, 9.17) is 4.74 Å². The maximum Gasteiger partial charge on any atom is 0.240 e. The van der Waals surface area contributed by atoms with Crippen molar-refractivity contribution < 1.29 is 19.1 Å². The number of rotatable bonds is 9. The largest absolute Gasteiger partial charge is 0.497 e. The molecule has 170 valence electrons. The first-order valence-electron chi connectivity index (χ1n) is 11.0. The average Bonchev–Trinajstić information content (AvgIpc) is 3.16. The number of carbonyl (C=O) groups excluding carboxylic acids is 3. The molecule has 1 N–H and O–H groups in total. The normalized spacial score (nSPS) is 14.9. The maximum absolute atomic E-state index is 13.3. The van der Waals surface area contributed by atoms with Crippen LogP contribution in [0.1, 0.15) is 30.0 Å². The summed E-state index contributed by atoms with van der Waals surface area (Å²) in [6.45, 7) is 7.41. The Labute approximate surface area is 191 Å². The molecular weight excluding hydrogens is 420 g/mol. The fraction of sp³-hybridized carbons (Fsp3) is 0.400. The molecule has 1 aliphatic heterocycles. The average molecular weight is 453 g/mol. The highest BCUT2D eigenvalue weighted by Crippen LogP contribution is 2.21. The van der Waals surface area contributed by atoms with Crippen LogP contribution in [0.5, 0.6) is 5.75 Å². The van der Waals surface area contributed by atoms with Crippen LogP contribution in [0, 0.1) is 0 Å². The van der Waals surface area contributed by atoms with E-state index in [0.29, 0.717) is 24.3 Å². The summed E-state index contributed by atoms with van der Waals surface area (Å²) >= 11 is 0. The number of carbonyl (C=O) groups is 3. The van der Waals surface area contributed by atoms with E-state index in [1.807, 2.05) is 12.1 Å². The molecule has 1 atom stereocenters. The second-order valence-electron chi connectivity index (χ2n) is 9.28. The van der Waals surface area contributed by atoms with Gasteiger partial charge in [0.15, 0.2) is 5.78 Å². The van der Waals surface area contributed by atoms with Crippen molar-refractivity contribution in [3.05, 3.63) is 59.7 Å². The van der Waals surface area contributed by atoms with E-state index < -0.39 is 14.1 Å². The van der Waals surface area contributed by atoms with Gasteiger partial charge in [-0.2, -0.15) is 0 Å². The van der Waals surface area contributed by atoms with Crippen molar-refractivity contribution in [3.63, 3.8) is 0 Å². The summed E-state index contributed by atoms with van der Waals surface area (Å²) in [6, 6.07) is 14.5. The van der Waals surface area contributed by atoms with E-state index in [9.17, 15) is 14.4 Å². The van der Waals surface area contributed by atoms with Crippen LogP contribution in [-0.2, 0) is 20.8 Å². The van der Waals surface area contributed by atoms with E-state index in [1.165, 1.54) is 5.19 Å². The summed E-state index contributed by atoms with van der Waals surface area (Å²) in [7, 11) is 0.169. The Bertz CT molecular complexity index is 965. The van der Waals surface area contributed by atoms with Gasteiger partial charge < -0.3 is 15.0 Å². The fourth-order valence-corrected chi connectivity index (χ4v) is 4.99. The van der Waals surface area contributed by atoms with Gasteiger partial charge in [0, 0.05) is 19.4 Å². The molecule has 1 saturated heterocycles. The van der Waals surface area contributed by atoms with Crippen LogP contribution in [0.3, 0.4) is 0 Å². The fourth-order valence-electron chi connectivity index (χ4n) is 3.82. The minimum absolute atomic E-state index is 0.0186. The molecule has 32 heavy (non-hydrogen) atoms. The number of ether oxygens (including phenoxy) is 1. The summed E-state index contributed by atoms with van der Waals surface area (Å²) in [4.78, 5) is 39.4. The van der Waals surface area contributed by atoms with Gasteiger partial charge in [0.1, 0.15) is 11.8 Å². The molecule has 2 aromatic carbocycles. The molecule has 0 radical (unpaired) electrons. The Morgan fingerprint density at radius 3 is 2.25 bits per heavy atom. The zero-order chi connectivity index (χ0) is 23.3. The highest BCUT2D eigenvalue weighted by atomic mass is 28.3. The third kappa shape index (κ3) is 6.07. The Balaban J connectivity index is 1.76. The quantitative estimate of drug-likeness (QED) is 0.594. The van der Waals surface area contributed by atoms with Crippen LogP contribution in [0.15, 0.2) is 48.5 Å². The molecule has 7 heteroatoms. The molecule has 2 aromatic rings. The first-order valence-corrected chi connectivity index (χ1v) is 14.5. The lowest BCUT2D eigenvalue weighted by molar-refractivity contribution is -0.134. The Kier molecular flexibility index (Phi) is 7.51. The number of methoxy groups -OCH3 is 1. The molecule has 0 bridgehead atoms. The Morgan fingerprint density at radius 1 is 1.06 bits per heavy atom. The van der Waals surface area contributed by atoms with Crippen molar-refractivity contribution in [2.24, 2.45) is 0 Å². The molecule has 1 heterocycles. The van der Waals surface area contributed by atoms with Crippen molar-refractivity contribution in [1.82, 2.24) is 10.2 Å². The number of ketones is 1. The molecule has 1 fully saturated rings. The SMILES string of the molecule is COc1ccc(C(NC(=O)CN2CCCC2=O)C(=O)Cc2ccc([Si](C)(C)C)cc2)cc1. The monoisotopic (exact) mass is 452 g/mol. The van der Waals surface area contributed by atoms with E-state index >= 15 is 0 Å². The van der Waals surface area contributed by atoms with Crippen molar-refractivity contribution >= 4 is 30.9 Å². The van der Waals surface area contributed by atoms with Gasteiger partial charge in [-0.3, -0.25) is 14.4 Å². The van der Waals surface area contributed by atoms with Crippen LogP contribution >= 0.6 is 0 Å². The zero-order valence-electron chi connectivity index (χ0n) is 19.3. The van der Waals surface area contributed by atoms with Crippen LogP contribution in [0.4, 0.5) is 0 Å². The van der Waals surface area contributed by atoms with Gasteiger partial charge in [0.2, 0.25) is 11.8 Å². The minimum atomic E-state index is -1.41. The standard InChI is InChI=1S/C25H32N2O4Si/c1-31-20-11-9-19(10-12-20)25(26-23(29)17-27-15-5-6-24(27)30)22(28)16-18-7-13-21(14-8-18)32(2,3)4/h7-14,25H,5-6,15-17H2,1-4H3,(H,26,29).